The lowest BCUT2D eigenvalue weighted by molar-refractivity contribution is 0.106. The summed E-state index contributed by atoms with van der Waals surface area (Å²) in [4.78, 5) is 11.4. The van der Waals surface area contributed by atoms with Gasteiger partial charge in [0, 0.05) is 16.5 Å². The molecular formula is C9H6BrNO2. The number of carbonyl (C=O) groups is 1. The maximum atomic E-state index is 11.4. The summed E-state index contributed by atoms with van der Waals surface area (Å²) in [7, 11) is 0. The average Bonchev–Trinajstić information content (AvgIpc) is 2.42. The Bertz CT molecular complexity index is 412. The van der Waals surface area contributed by atoms with E-state index in [9.17, 15) is 4.79 Å². The Labute approximate surface area is 83.2 Å². The summed E-state index contributed by atoms with van der Waals surface area (Å²) in [6, 6.07) is 5.41. The number of carbonyl (C=O) groups excluding carboxylic acids is 1. The Morgan fingerprint density at radius 3 is 2.92 bits per heavy atom. The molecule has 66 valence electrons. The molecule has 0 atom stereocenters. The van der Waals surface area contributed by atoms with E-state index < -0.39 is 0 Å². The third-order valence-corrected chi connectivity index (χ3v) is 2.55. The lowest BCUT2D eigenvalue weighted by atomic mass is 10.1. The van der Waals surface area contributed by atoms with Gasteiger partial charge in [-0.3, -0.25) is 4.79 Å². The molecule has 3 nitrogen and oxygen atoms in total. The smallest absolute Gasteiger partial charge is 0.211 e. The number of benzene rings is 1. The minimum atomic E-state index is -0.176. The molecule has 0 radical (unpaired) electrons. The second-order valence-corrected chi connectivity index (χ2v) is 3.77. The van der Waals surface area contributed by atoms with E-state index in [4.69, 9.17) is 5.21 Å². The average molecular weight is 240 g/mol. The molecule has 1 aromatic carbocycles. The SMILES string of the molecule is O=C1/C(=N/O)Cc2cc(Br)ccc21. The molecule has 0 amide bonds. The fraction of sp³-hybridized carbons (Fsp3) is 0.111. The zero-order valence-corrected chi connectivity index (χ0v) is 8.21. The van der Waals surface area contributed by atoms with Gasteiger partial charge in [0.1, 0.15) is 5.71 Å². The summed E-state index contributed by atoms with van der Waals surface area (Å²) in [5.74, 6) is -0.176. The number of hydrogen-bond acceptors (Lipinski definition) is 3. The molecule has 4 heteroatoms. The highest BCUT2D eigenvalue weighted by atomic mass is 79.9. The second-order valence-electron chi connectivity index (χ2n) is 2.85. The Hall–Kier alpha value is -1.16. The number of halogens is 1. The molecule has 0 saturated carbocycles. The second kappa shape index (κ2) is 2.96. The topological polar surface area (TPSA) is 49.7 Å². The zero-order valence-electron chi connectivity index (χ0n) is 6.62. The van der Waals surface area contributed by atoms with Crippen LogP contribution < -0.4 is 0 Å². The lowest BCUT2D eigenvalue weighted by Gasteiger charge is -1.95. The van der Waals surface area contributed by atoms with Gasteiger partial charge in [0.15, 0.2) is 0 Å². The van der Waals surface area contributed by atoms with Crippen LogP contribution in [0.3, 0.4) is 0 Å². The van der Waals surface area contributed by atoms with Crippen LogP contribution >= 0.6 is 15.9 Å². The summed E-state index contributed by atoms with van der Waals surface area (Å²) in [5, 5.41) is 11.5. The van der Waals surface area contributed by atoms with E-state index in [-0.39, 0.29) is 11.5 Å². The summed E-state index contributed by atoms with van der Waals surface area (Å²) < 4.78 is 0.929. The van der Waals surface area contributed by atoms with Crippen molar-refractivity contribution in [2.45, 2.75) is 6.42 Å². The minimum Gasteiger partial charge on any atom is -0.411 e. The van der Waals surface area contributed by atoms with Gasteiger partial charge in [-0.25, -0.2) is 0 Å². The third kappa shape index (κ3) is 1.27. The van der Waals surface area contributed by atoms with Gasteiger partial charge in [-0.2, -0.15) is 0 Å². The molecule has 0 unspecified atom stereocenters. The van der Waals surface area contributed by atoms with E-state index in [0.717, 1.165) is 10.0 Å². The van der Waals surface area contributed by atoms with Crippen molar-refractivity contribution in [2.75, 3.05) is 0 Å². The number of Topliss-reactive ketones (excluding diaryl/α,β-unsaturated/α-hetero) is 1. The van der Waals surface area contributed by atoms with Crippen molar-refractivity contribution in [1.29, 1.82) is 0 Å². The summed E-state index contributed by atoms with van der Waals surface area (Å²) in [6.07, 6.45) is 0.421. The van der Waals surface area contributed by atoms with Crippen LogP contribution in [-0.2, 0) is 6.42 Å². The molecule has 1 aromatic rings. The van der Waals surface area contributed by atoms with Gasteiger partial charge in [0.25, 0.3) is 0 Å². The Morgan fingerprint density at radius 2 is 2.23 bits per heavy atom. The first-order chi connectivity index (χ1) is 6.22. The highest BCUT2D eigenvalue weighted by Crippen LogP contribution is 2.23. The molecule has 0 fully saturated rings. The lowest BCUT2D eigenvalue weighted by Crippen LogP contribution is -2.06. The van der Waals surface area contributed by atoms with Gasteiger partial charge in [0.2, 0.25) is 5.78 Å². The van der Waals surface area contributed by atoms with E-state index in [2.05, 4.69) is 21.1 Å². The molecule has 0 aliphatic heterocycles. The predicted molar refractivity (Wildman–Crippen MR) is 51.4 cm³/mol. The van der Waals surface area contributed by atoms with Crippen LogP contribution in [0.25, 0.3) is 0 Å². The number of rotatable bonds is 0. The van der Waals surface area contributed by atoms with Crippen molar-refractivity contribution in [2.24, 2.45) is 5.16 Å². The van der Waals surface area contributed by atoms with Crippen molar-refractivity contribution in [3.63, 3.8) is 0 Å². The number of nitrogens with zero attached hydrogens (tertiary/aromatic N) is 1. The standard InChI is InChI=1S/C9H6BrNO2/c10-6-1-2-7-5(3-6)4-8(11-13)9(7)12/h1-3,13H,4H2/b11-8+. The maximum Gasteiger partial charge on any atom is 0.211 e. The molecule has 0 saturated heterocycles. The molecule has 0 heterocycles. The molecule has 1 aliphatic carbocycles. The van der Waals surface area contributed by atoms with Gasteiger partial charge < -0.3 is 5.21 Å². The van der Waals surface area contributed by atoms with Gasteiger partial charge in [-0.05, 0) is 23.8 Å². The van der Waals surface area contributed by atoms with E-state index in [1.807, 2.05) is 6.07 Å². The maximum absolute atomic E-state index is 11.4. The molecule has 0 spiro atoms. The van der Waals surface area contributed by atoms with Gasteiger partial charge in [-0.15, -0.1) is 0 Å². The Balaban J connectivity index is 2.56. The van der Waals surface area contributed by atoms with Crippen molar-refractivity contribution in [3.8, 4) is 0 Å². The molecule has 13 heavy (non-hydrogen) atoms. The van der Waals surface area contributed by atoms with Crippen molar-refractivity contribution < 1.29 is 10.0 Å². The number of oxime groups is 1. The summed E-state index contributed by atoms with van der Waals surface area (Å²) in [6.45, 7) is 0. The fourth-order valence-corrected chi connectivity index (χ4v) is 1.84. The molecule has 0 bridgehead atoms. The van der Waals surface area contributed by atoms with Crippen LogP contribution in [0.2, 0.25) is 0 Å². The largest absolute Gasteiger partial charge is 0.411 e. The highest BCUT2D eigenvalue weighted by Gasteiger charge is 2.26. The van der Waals surface area contributed by atoms with Crippen molar-refractivity contribution in [1.82, 2.24) is 0 Å². The van der Waals surface area contributed by atoms with Crippen LogP contribution in [0.15, 0.2) is 27.8 Å². The number of fused-ring (bicyclic) bond motifs is 1. The normalized spacial score (nSPS) is 17.9. The first kappa shape index (κ1) is 8.44. The van der Waals surface area contributed by atoms with Gasteiger partial charge >= 0.3 is 0 Å². The minimum absolute atomic E-state index is 0.176. The van der Waals surface area contributed by atoms with Crippen LogP contribution in [0, 0.1) is 0 Å². The fourth-order valence-electron chi connectivity index (χ4n) is 1.43. The first-order valence-corrected chi connectivity index (χ1v) is 4.55. The summed E-state index contributed by atoms with van der Waals surface area (Å²) in [5.41, 5.74) is 1.76. The van der Waals surface area contributed by atoms with E-state index >= 15 is 0 Å². The first-order valence-electron chi connectivity index (χ1n) is 3.76. The Morgan fingerprint density at radius 1 is 1.46 bits per heavy atom. The van der Waals surface area contributed by atoms with Crippen molar-refractivity contribution >= 4 is 27.4 Å². The van der Waals surface area contributed by atoms with Crippen LogP contribution in [0.5, 0.6) is 0 Å². The molecule has 2 rings (SSSR count). The predicted octanol–water partition coefficient (Wildman–Crippen LogP) is 2.02. The highest BCUT2D eigenvalue weighted by molar-refractivity contribution is 9.10. The molecule has 0 aromatic heterocycles. The molecule has 1 N–H and O–H groups in total. The molecular weight excluding hydrogens is 234 g/mol. The molecule has 1 aliphatic rings. The van der Waals surface area contributed by atoms with E-state index in [1.54, 1.807) is 12.1 Å². The monoisotopic (exact) mass is 239 g/mol. The van der Waals surface area contributed by atoms with Crippen molar-refractivity contribution in [3.05, 3.63) is 33.8 Å². The zero-order chi connectivity index (χ0) is 9.42. The van der Waals surface area contributed by atoms with Gasteiger partial charge in [0.05, 0.1) is 0 Å². The van der Waals surface area contributed by atoms with Crippen LogP contribution in [0.4, 0.5) is 0 Å². The number of ketones is 1. The van der Waals surface area contributed by atoms with Crippen LogP contribution in [-0.4, -0.2) is 16.7 Å². The van der Waals surface area contributed by atoms with E-state index in [1.165, 1.54) is 0 Å². The quantitative estimate of drug-likeness (QED) is 0.557. The third-order valence-electron chi connectivity index (χ3n) is 2.05. The summed E-state index contributed by atoms with van der Waals surface area (Å²) >= 11 is 3.31. The number of hydrogen-bond donors (Lipinski definition) is 1. The van der Waals surface area contributed by atoms with Gasteiger partial charge in [-0.1, -0.05) is 21.1 Å². The Kier molecular flexibility index (Phi) is 1.92. The van der Waals surface area contributed by atoms with Crippen LogP contribution in [0.1, 0.15) is 15.9 Å². The van der Waals surface area contributed by atoms with E-state index in [0.29, 0.717) is 12.0 Å².